The zero-order valence-corrected chi connectivity index (χ0v) is 12.4. The Morgan fingerprint density at radius 3 is 2.82 bits per heavy atom. The van der Waals surface area contributed by atoms with Crippen LogP contribution < -0.4 is 9.47 Å². The molecule has 2 aliphatic heterocycles. The van der Waals surface area contributed by atoms with Gasteiger partial charge in [-0.15, -0.1) is 8.78 Å². The number of aliphatic hydroxyl groups excluding tert-OH is 1. The van der Waals surface area contributed by atoms with Crippen molar-refractivity contribution in [3.8, 4) is 11.5 Å². The molecule has 120 valence electrons. The highest BCUT2D eigenvalue weighted by atomic mass is 19.3. The molecule has 4 nitrogen and oxygen atoms in total. The molecule has 2 heterocycles. The molecule has 2 fully saturated rings. The Bertz CT molecular complexity index is 609. The molecule has 4 rings (SSSR count). The first kappa shape index (κ1) is 14.2. The average Bonchev–Trinajstić information content (AvgIpc) is 2.95. The molecular formula is C16H19F2NO3. The second-order valence-corrected chi connectivity index (χ2v) is 6.66. The van der Waals surface area contributed by atoms with E-state index in [0.29, 0.717) is 0 Å². The number of rotatable bonds is 1. The number of aliphatic hydroxyl groups is 1. The molecule has 6 heteroatoms. The van der Waals surface area contributed by atoms with Crippen LogP contribution in [0.4, 0.5) is 8.78 Å². The molecule has 0 spiro atoms. The van der Waals surface area contributed by atoms with Crippen LogP contribution in [-0.4, -0.2) is 42.0 Å². The smallest absolute Gasteiger partial charge is 0.395 e. The summed E-state index contributed by atoms with van der Waals surface area (Å²) in [7, 11) is 2.06. The summed E-state index contributed by atoms with van der Waals surface area (Å²) in [5.74, 6) is 0.195. The van der Waals surface area contributed by atoms with Crippen molar-refractivity contribution in [2.75, 3.05) is 13.6 Å². The van der Waals surface area contributed by atoms with Crippen molar-refractivity contribution in [1.29, 1.82) is 0 Å². The van der Waals surface area contributed by atoms with Gasteiger partial charge < -0.3 is 19.5 Å². The molecule has 1 aromatic rings. The number of fused-ring (bicyclic) bond motifs is 2. The Morgan fingerprint density at radius 2 is 2.00 bits per heavy atom. The van der Waals surface area contributed by atoms with Gasteiger partial charge in [-0.2, -0.15) is 0 Å². The van der Waals surface area contributed by atoms with Crippen molar-refractivity contribution < 1.29 is 23.4 Å². The second kappa shape index (κ2) is 4.55. The summed E-state index contributed by atoms with van der Waals surface area (Å²) >= 11 is 0. The number of hydrogen-bond acceptors (Lipinski definition) is 4. The fourth-order valence-corrected chi connectivity index (χ4v) is 4.36. The summed E-state index contributed by atoms with van der Waals surface area (Å²) in [6.45, 7) is 0.946. The van der Waals surface area contributed by atoms with Gasteiger partial charge in [0.2, 0.25) is 0 Å². The summed E-state index contributed by atoms with van der Waals surface area (Å²) in [6.07, 6.45) is -0.559. The van der Waals surface area contributed by atoms with Crippen molar-refractivity contribution in [2.45, 2.75) is 49.5 Å². The van der Waals surface area contributed by atoms with Crippen LogP contribution in [0, 0.1) is 0 Å². The van der Waals surface area contributed by atoms with Crippen LogP contribution >= 0.6 is 0 Å². The van der Waals surface area contributed by atoms with Crippen LogP contribution in [-0.2, 0) is 5.41 Å². The van der Waals surface area contributed by atoms with Gasteiger partial charge in [0.15, 0.2) is 11.5 Å². The maximum atomic E-state index is 13.2. The maximum absolute atomic E-state index is 13.2. The summed E-state index contributed by atoms with van der Waals surface area (Å²) < 4.78 is 35.5. The Labute approximate surface area is 127 Å². The van der Waals surface area contributed by atoms with Crippen LogP contribution in [0.3, 0.4) is 0 Å². The van der Waals surface area contributed by atoms with Crippen molar-refractivity contribution in [1.82, 2.24) is 4.90 Å². The topological polar surface area (TPSA) is 41.9 Å². The van der Waals surface area contributed by atoms with Crippen LogP contribution in [0.25, 0.3) is 0 Å². The van der Waals surface area contributed by atoms with Gasteiger partial charge in [0.05, 0.1) is 6.10 Å². The highest BCUT2D eigenvalue weighted by Gasteiger charge is 2.51. The number of halogens is 2. The predicted octanol–water partition coefficient (Wildman–Crippen LogP) is 2.49. The summed E-state index contributed by atoms with van der Waals surface area (Å²) in [5, 5.41) is 9.99. The zero-order chi connectivity index (χ0) is 15.5. The Morgan fingerprint density at radius 1 is 1.23 bits per heavy atom. The van der Waals surface area contributed by atoms with Crippen LogP contribution in [0.5, 0.6) is 11.5 Å². The lowest BCUT2D eigenvalue weighted by Crippen LogP contribution is -2.47. The predicted molar refractivity (Wildman–Crippen MR) is 75.2 cm³/mol. The molecule has 0 unspecified atom stereocenters. The van der Waals surface area contributed by atoms with E-state index in [0.717, 1.165) is 37.8 Å². The first-order valence-corrected chi connectivity index (χ1v) is 7.68. The molecule has 1 aromatic carbocycles. The SMILES string of the molecule is CN1CC[C@]2(c3ccc4c(c3)OC(F)(F)O4)CC[C@@H](O)C[C@H]12. The van der Waals surface area contributed by atoms with Gasteiger partial charge in [0, 0.05) is 11.5 Å². The summed E-state index contributed by atoms with van der Waals surface area (Å²) in [5.41, 5.74) is 0.915. The molecule has 1 saturated heterocycles. The minimum atomic E-state index is -3.58. The normalized spacial score (nSPS) is 36.4. The lowest BCUT2D eigenvalue weighted by atomic mass is 9.65. The van der Waals surface area contributed by atoms with E-state index in [2.05, 4.69) is 21.4 Å². The lowest BCUT2D eigenvalue weighted by molar-refractivity contribution is -0.286. The molecule has 1 aliphatic carbocycles. The van der Waals surface area contributed by atoms with Gasteiger partial charge in [0.25, 0.3) is 0 Å². The Kier molecular flexibility index (Phi) is 2.94. The number of hydrogen-bond donors (Lipinski definition) is 1. The largest absolute Gasteiger partial charge is 0.586 e. The number of benzene rings is 1. The average molecular weight is 311 g/mol. The minimum Gasteiger partial charge on any atom is -0.395 e. The molecule has 0 aromatic heterocycles. The van der Waals surface area contributed by atoms with E-state index in [-0.39, 0.29) is 29.1 Å². The van der Waals surface area contributed by atoms with E-state index in [4.69, 9.17) is 0 Å². The van der Waals surface area contributed by atoms with Crippen LogP contribution in [0.1, 0.15) is 31.2 Å². The second-order valence-electron chi connectivity index (χ2n) is 6.66. The molecule has 3 aliphatic rings. The van der Waals surface area contributed by atoms with E-state index in [1.165, 1.54) is 0 Å². The fraction of sp³-hybridized carbons (Fsp3) is 0.625. The summed E-state index contributed by atoms with van der Waals surface area (Å²) in [4.78, 5) is 2.27. The standard InChI is InChI=1S/C16H19F2NO3/c1-19-7-6-15(5-4-11(20)9-14(15)19)10-2-3-12-13(8-10)22-16(17,18)21-12/h2-3,8,11,14,20H,4-7,9H2,1H3/t11-,14+,15+/m1/s1. The van der Waals surface area contributed by atoms with E-state index in [9.17, 15) is 13.9 Å². The summed E-state index contributed by atoms with van der Waals surface area (Å²) in [6, 6.07) is 5.37. The van der Waals surface area contributed by atoms with E-state index >= 15 is 0 Å². The molecule has 0 bridgehead atoms. The van der Waals surface area contributed by atoms with E-state index < -0.39 is 6.29 Å². The number of likely N-dealkylation sites (N-methyl/N-ethyl adjacent to an activating group) is 1. The monoisotopic (exact) mass is 311 g/mol. The van der Waals surface area contributed by atoms with Crippen molar-refractivity contribution in [3.05, 3.63) is 23.8 Å². The highest BCUT2D eigenvalue weighted by Crippen LogP contribution is 2.51. The number of ether oxygens (including phenoxy) is 2. The van der Waals surface area contributed by atoms with E-state index in [1.807, 2.05) is 6.07 Å². The number of likely N-dealkylation sites (tertiary alicyclic amines) is 1. The molecule has 0 amide bonds. The van der Waals surface area contributed by atoms with Crippen molar-refractivity contribution >= 4 is 0 Å². The number of alkyl halides is 2. The molecule has 22 heavy (non-hydrogen) atoms. The third-order valence-electron chi connectivity index (χ3n) is 5.48. The molecular weight excluding hydrogens is 292 g/mol. The molecule has 1 N–H and O–H groups in total. The van der Waals surface area contributed by atoms with Gasteiger partial charge in [0.1, 0.15) is 0 Å². The third kappa shape index (κ3) is 2.01. The Balaban J connectivity index is 1.72. The lowest BCUT2D eigenvalue weighted by Gasteiger charge is -2.43. The van der Waals surface area contributed by atoms with Crippen LogP contribution in [0.15, 0.2) is 18.2 Å². The van der Waals surface area contributed by atoms with Gasteiger partial charge in [-0.1, -0.05) is 6.07 Å². The van der Waals surface area contributed by atoms with Gasteiger partial charge in [-0.25, -0.2) is 0 Å². The first-order chi connectivity index (χ1) is 10.4. The van der Waals surface area contributed by atoms with Gasteiger partial charge in [-0.3, -0.25) is 0 Å². The number of nitrogens with zero attached hydrogens (tertiary/aromatic N) is 1. The third-order valence-corrected chi connectivity index (χ3v) is 5.48. The highest BCUT2D eigenvalue weighted by molar-refractivity contribution is 5.48. The van der Waals surface area contributed by atoms with Crippen molar-refractivity contribution in [3.63, 3.8) is 0 Å². The van der Waals surface area contributed by atoms with E-state index in [1.54, 1.807) is 12.1 Å². The molecule has 3 atom stereocenters. The molecule has 1 saturated carbocycles. The first-order valence-electron chi connectivity index (χ1n) is 7.68. The van der Waals surface area contributed by atoms with Gasteiger partial charge >= 0.3 is 6.29 Å². The quantitative estimate of drug-likeness (QED) is 0.865. The minimum absolute atomic E-state index is 0.0869. The Hall–Kier alpha value is -1.40. The fourth-order valence-electron chi connectivity index (χ4n) is 4.36. The maximum Gasteiger partial charge on any atom is 0.586 e. The zero-order valence-electron chi connectivity index (χ0n) is 12.4. The van der Waals surface area contributed by atoms with Crippen molar-refractivity contribution in [2.24, 2.45) is 0 Å². The van der Waals surface area contributed by atoms with Gasteiger partial charge in [-0.05, 0) is 57.0 Å². The van der Waals surface area contributed by atoms with Crippen LogP contribution in [0.2, 0.25) is 0 Å². The molecule has 0 radical (unpaired) electrons.